The highest BCUT2D eigenvalue weighted by Gasteiger charge is 2.49. The van der Waals surface area contributed by atoms with E-state index >= 15 is 0 Å². The Morgan fingerprint density at radius 3 is 2.63 bits per heavy atom. The highest BCUT2D eigenvalue weighted by molar-refractivity contribution is 5.25. The van der Waals surface area contributed by atoms with Gasteiger partial charge < -0.3 is 10.1 Å². The van der Waals surface area contributed by atoms with Gasteiger partial charge in [0.05, 0.1) is 6.10 Å². The van der Waals surface area contributed by atoms with Crippen molar-refractivity contribution in [2.75, 3.05) is 20.2 Å². The number of piperazine rings is 1. The Kier molecular flexibility index (Phi) is 3.37. The van der Waals surface area contributed by atoms with Crippen molar-refractivity contribution in [1.29, 1.82) is 0 Å². The van der Waals surface area contributed by atoms with Crippen molar-refractivity contribution in [3.8, 4) is 0 Å². The molecule has 3 nitrogen and oxygen atoms in total. The zero-order valence-electron chi connectivity index (χ0n) is 12.1. The zero-order valence-corrected chi connectivity index (χ0v) is 12.1. The second-order valence-corrected chi connectivity index (χ2v) is 6.22. The van der Waals surface area contributed by atoms with Crippen molar-refractivity contribution in [1.82, 2.24) is 10.2 Å². The molecule has 0 aromatic heterocycles. The summed E-state index contributed by atoms with van der Waals surface area (Å²) in [6, 6.07) is 11.9. The third-order valence-corrected chi connectivity index (χ3v) is 4.85. The van der Waals surface area contributed by atoms with Crippen LogP contribution in [0.15, 0.2) is 30.3 Å². The number of nitrogens with one attached hydrogen (secondary N) is 1. The van der Waals surface area contributed by atoms with Crippen molar-refractivity contribution in [3.05, 3.63) is 35.9 Å². The number of benzene rings is 1. The van der Waals surface area contributed by atoms with E-state index in [1.54, 1.807) is 0 Å². The Labute approximate surface area is 115 Å². The van der Waals surface area contributed by atoms with E-state index in [1.807, 2.05) is 7.11 Å². The first-order chi connectivity index (χ1) is 9.14. The number of ether oxygens (including phenoxy) is 1. The SMILES string of the molecule is COC1CC2CNCC1N2C(C)(C)c1ccccc1. The van der Waals surface area contributed by atoms with Gasteiger partial charge in [-0.05, 0) is 25.8 Å². The molecule has 2 aliphatic heterocycles. The lowest BCUT2D eigenvalue weighted by Crippen LogP contribution is -2.59. The molecule has 2 aliphatic rings. The van der Waals surface area contributed by atoms with Gasteiger partial charge in [-0.2, -0.15) is 0 Å². The standard InChI is InChI=1S/C16H24N2O/c1-16(2,12-7-5-4-6-8-12)18-13-9-15(19-3)14(18)11-17-10-13/h4-8,13-15,17H,9-11H2,1-3H3. The van der Waals surface area contributed by atoms with Crippen LogP contribution in [-0.4, -0.2) is 43.3 Å². The van der Waals surface area contributed by atoms with Crippen LogP contribution in [0, 0.1) is 0 Å². The maximum atomic E-state index is 5.70. The van der Waals surface area contributed by atoms with Gasteiger partial charge in [-0.1, -0.05) is 30.3 Å². The average Bonchev–Trinajstić information content (AvgIpc) is 2.67. The highest BCUT2D eigenvalue weighted by Crippen LogP contribution is 2.40. The molecule has 0 spiro atoms. The summed E-state index contributed by atoms with van der Waals surface area (Å²) < 4.78 is 5.70. The first-order valence-electron chi connectivity index (χ1n) is 7.22. The van der Waals surface area contributed by atoms with Crippen LogP contribution in [-0.2, 0) is 10.3 Å². The predicted molar refractivity (Wildman–Crippen MR) is 77.2 cm³/mol. The Bertz CT molecular complexity index is 432. The summed E-state index contributed by atoms with van der Waals surface area (Å²) in [5.41, 5.74) is 1.45. The number of methoxy groups -OCH3 is 1. The first kappa shape index (κ1) is 13.1. The van der Waals surface area contributed by atoms with Gasteiger partial charge in [-0.3, -0.25) is 4.90 Å². The van der Waals surface area contributed by atoms with E-state index in [9.17, 15) is 0 Å². The maximum absolute atomic E-state index is 5.70. The minimum atomic E-state index is 0.0615. The molecule has 0 amide bonds. The molecule has 3 rings (SSSR count). The molecular formula is C16H24N2O. The number of hydrogen-bond acceptors (Lipinski definition) is 3. The lowest BCUT2D eigenvalue weighted by atomic mass is 9.89. The molecule has 2 heterocycles. The third kappa shape index (κ3) is 2.10. The van der Waals surface area contributed by atoms with Crippen LogP contribution in [0.5, 0.6) is 0 Å². The van der Waals surface area contributed by atoms with E-state index in [0.717, 1.165) is 19.5 Å². The van der Waals surface area contributed by atoms with Crippen molar-refractivity contribution in [2.24, 2.45) is 0 Å². The third-order valence-electron chi connectivity index (χ3n) is 4.85. The molecule has 0 radical (unpaired) electrons. The molecule has 3 heteroatoms. The summed E-state index contributed by atoms with van der Waals surface area (Å²) in [7, 11) is 1.85. The smallest absolute Gasteiger partial charge is 0.0754 e. The van der Waals surface area contributed by atoms with Crippen LogP contribution < -0.4 is 5.32 Å². The van der Waals surface area contributed by atoms with E-state index in [2.05, 4.69) is 54.4 Å². The van der Waals surface area contributed by atoms with Crippen LogP contribution >= 0.6 is 0 Å². The number of nitrogens with zero attached hydrogens (tertiary/aromatic N) is 1. The molecule has 1 aromatic carbocycles. The maximum Gasteiger partial charge on any atom is 0.0754 e. The fourth-order valence-corrected chi connectivity index (χ4v) is 3.92. The van der Waals surface area contributed by atoms with Crippen LogP contribution in [0.1, 0.15) is 25.8 Å². The van der Waals surface area contributed by atoms with Gasteiger partial charge in [0, 0.05) is 37.8 Å². The average molecular weight is 260 g/mol. The minimum absolute atomic E-state index is 0.0615. The fraction of sp³-hybridized carbons (Fsp3) is 0.625. The molecular weight excluding hydrogens is 236 g/mol. The van der Waals surface area contributed by atoms with Gasteiger partial charge in [-0.15, -0.1) is 0 Å². The van der Waals surface area contributed by atoms with Gasteiger partial charge in [0.1, 0.15) is 0 Å². The highest BCUT2D eigenvalue weighted by atomic mass is 16.5. The van der Waals surface area contributed by atoms with Crippen molar-refractivity contribution >= 4 is 0 Å². The van der Waals surface area contributed by atoms with E-state index in [4.69, 9.17) is 4.74 Å². The zero-order chi connectivity index (χ0) is 13.5. The summed E-state index contributed by atoms with van der Waals surface area (Å²) in [5, 5.41) is 3.54. The van der Waals surface area contributed by atoms with Crippen molar-refractivity contribution in [3.63, 3.8) is 0 Å². The minimum Gasteiger partial charge on any atom is -0.380 e. The van der Waals surface area contributed by atoms with Crippen LogP contribution in [0.4, 0.5) is 0 Å². The molecule has 19 heavy (non-hydrogen) atoms. The van der Waals surface area contributed by atoms with Crippen molar-refractivity contribution < 1.29 is 4.74 Å². The molecule has 0 aliphatic carbocycles. The Morgan fingerprint density at radius 1 is 1.21 bits per heavy atom. The summed E-state index contributed by atoms with van der Waals surface area (Å²) >= 11 is 0. The summed E-state index contributed by atoms with van der Waals surface area (Å²) in [6.07, 6.45) is 1.51. The van der Waals surface area contributed by atoms with Gasteiger partial charge >= 0.3 is 0 Å². The van der Waals surface area contributed by atoms with E-state index in [0.29, 0.717) is 18.2 Å². The predicted octanol–water partition coefficient (Wildman–Crippen LogP) is 1.98. The Morgan fingerprint density at radius 2 is 1.95 bits per heavy atom. The summed E-state index contributed by atoms with van der Waals surface area (Å²) in [4.78, 5) is 2.67. The quantitative estimate of drug-likeness (QED) is 0.899. The van der Waals surface area contributed by atoms with Crippen LogP contribution in [0.3, 0.4) is 0 Å². The monoisotopic (exact) mass is 260 g/mol. The lowest BCUT2D eigenvalue weighted by Gasteiger charge is -2.47. The molecule has 3 unspecified atom stereocenters. The molecule has 104 valence electrons. The van der Waals surface area contributed by atoms with E-state index in [1.165, 1.54) is 5.56 Å². The largest absolute Gasteiger partial charge is 0.380 e. The van der Waals surface area contributed by atoms with Crippen LogP contribution in [0.2, 0.25) is 0 Å². The molecule has 1 N–H and O–H groups in total. The first-order valence-corrected chi connectivity index (χ1v) is 7.22. The van der Waals surface area contributed by atoms with Gasteiger partial charge in [0.2, 0.25) is 0 Å². The van der Waals surface area contributed by atoms with Gasteiger partial charge in [0.15, 0.2) is 0 Å². The second kappa shape index (κ2) is 4.89. The molecule has 2 saturated heterocycles. The molecule has 3 atom stereocenters. The molecule has 2 bridgehead atoms. The molecule has 1 aromatic rings. The Hall–Kier alpha value is -0.900. The topological polar surface area (TPSA) is 24.5 Å². The number of rotatable bonds is 3. The van der Waals surface area contributed by atoms with Crippen LogP contribution in [0.25, 0.3) is 0 Å². The number of fused-ring (bicyclic) bond motifs is 2. The lowest BCUT2D eigenvalue weighted by molar-refractivity contribution is 0.00192. The van der Waals surface area contributed by atoms with Gasteiger partial charge in [0.25, 0.3) is 0 Å². The molecule has 2 fully saturated rings. The van der Waals surface area contributed by atoms with Crippen molar-refractivity contribution in [2.45, 2.75) is 44.0 Å². The van der Waals surface area contributed by atoms with E-state index in [-0.39, 0.29) is 5.54 Å². The van der Waals surface area contributed by atoms with Gasteiger partial charge in [-0.25, -0.2) is 0 Å². The summed E-state index contributed by atoms with van der Waals surface area (Å²) in [6.45, 7) is 6.79. The molecule has 0 saturated carbocycles. The normalized spacial score (nSPS) is 31.6. The fourth-order valence-electron chi connectivity index (χ4n) is 3.92. The summed E-state index contributed by atoms with van der Waals surface area (Å²) in [5.74, 6) is 0. The Balaban J connectivity index is 1.93. The van der Waals surface area contributed by atoms with E-state index < -0.39 is 0 Å². The second-order valence-electron chi connectivity index (χ2n) is 6.22. The number of hydrogen-bond donors (Lipinski definition) is 1.